The third-order valence-electron chi connectivity index (χ3n) is 3.71. The molecular weight excluding hydrogens is 354 g/mol. The van der Waals surface area contributed by atoms with Crippen molar-refractivity contribution < 1.29 is 4.79 Å². The molecule has 1 amide bonds. The summed E-state index contributed by atoms with van der Waals surface area (Å²) in [6, 6.07) is 11.6. The monoisotopic (exact) mass is 367 g/mol. The van der Waals surface area contributed by atoms with Crippen LogP contribution in [0.5, 0.6) is 0 Å². The van der Waals surface area contributed by atoms with E-state index in [0.29, 0.717) is 15.7 Å². The lowest BCUT2D eigenvalue weighted by Gasteiger charge is -2.00. The van der Waals surface area contributed by atoms with E-state index in [9.17, 15) is 4.79 Å². The highest BCUT2D eigenvalue weighted by Gasteiger charge is 2.19. The molecule has 0 aliphatic heterocycles. The van der Waals surface area contributed by atoms with Crippen LogP contribution in [0.1, 0.15) is 15.2 Å². The number of rotatable bonds is 3. The first-order valence-corrected chi connectivity index (χ1v) is 9.10. The van der Waals surface area contributed by atoms with Gasteiger partial charge in [0.25, 0.3) is 5.91 Å². The molecule has 3 heterocycles. The average molecular weight is 367 g/mol. The zero-order chi connectivity index (χ0) is 17.4. The van der Waals surface area contributed by atoms with Gasteiger partial charge in [-0.25, -0.2) is 4.98 Å². The Labute approximate surface area is 151 Å². The minimum Gasteiger partial charge on any atom is -0.397 e. The third-order valence-corrected chi connectivity index (χ3v) is 5.71. The van der Waals surface area contributed by atoms with Crippen molar-refractivity contribution in [2.45, 2.75) is 6.92 Å². The lowest BCUT2D eigenvalue weighted by atomic mass is 10.2. The lowest BCUT2D eigenvalue weighted by molar-refractivity contribution is 0.103. The van der Waals surface area contributed by atoms with Gasteiger partial charge in [0, 0.05) is 17.1 Å². The van der Waals surface area contributed by atoms with Crippen LogP contribution in [0, 0.1) is 6.92 Å². The maximum absolute atomic E-state index is 12.6. The van der Waals surface area contributed by atoms with Gasteiger partial charge in [-0.3, -0.25) is 10.1 Å². The van der Waals surface area contributed by atoms with E-state index in [2.05, 4.69) is 20.5 Å². The number of thiophene rings is 1. The van der Waals surface area contributed by atoms with Gasteiger partial charge in [0.15, 0.2) is 0 Å². The summed E-state index contributed by atoms with van der Waals surface area (Å²) in [7, 11) is 0. The van der Waals surface area contributed by atoms with Crippen LogP contribution < -0.4 is 11.1 Å². The Morgan fingerprint density at radius 1 is 1.12 bits per heavy atom. The lowest BCUT2D eigenvalue weighted by Crippen LogP contribution is -2.11. The molecule has 0 saturated heterocycles. The number of nitrogen functional groups attached to an aromatic ring is 1. The highest BCUT2D eigenvalue weighted by molar-refractivity contribution is 7.21. The molecule has 0 aliphatic rings. The van der Waals surface area contributed by atoms with Gasteiger partial charge in [-0.15, -0.1) is 21.5 Å². The van der Waals surface area contributed by atoms with Crippen molar-refractivity contribution in [3.8, 4) is 10.6 Å². The molecule has 0 aliphatic carbocycles. The van der Waals surface area contributed by atoms with Crippen molar-refractivity contribution >= 4 is 49.6 Å². The fourth-order valence-electron chi connectivity index (χ4n) is 2.50. The number of carbonyl (C=O) groups is 1. The second-order valence-electron chi connectivity index (χ2n) is 5.39. The Hall–Kier alpha value is -2.84. The topological polar surface area (TPSA) is 93.8 Å². The number of fused-ring (bicyclic) bond motifs is 1. The number of hydrogen-bond acceptors (Lipinski definition) is 7. The molecule has 0 fully saturated rings. The fourth-order valence-corrected chi connectivity index (χ4v) is 4.28. The number of nitrogens with two attached hydrogens (primary N) is 1. The molecule has 25 heavy (non-hydrogen) atoms. The molecule has 1 aromatic carbocycles. The summed E-state index contributed by atoms with van der Waals surface area (Å²) in [5, 5.41) is 13.0. The van der Waals surface area contributed by atoms with Gasteiger partial charge in [-0.2, -0.15) is 0 Å². The molecule has 3 aromatic heterocycles. The summed E-state index contributed by atoms with van der Waals surface area (Å²) < 4.78 is 0. The molecule has 3 N–H and O–H groups in total. The second kappa shape index (κ2) is 6.23. The SMILES string of the molecule is Cc1ccnc2sc(C(=O)Nc3nnc(-c4ccccc4)s3)c(N)c12. The number of nitrogens with zero attached hydrogens (tertiary/aromatic N) is 3. The highest BCUT2D eigenvalue weighted by Crippen LogP contribution is 2.35. The molecule has 4 rings (SSSR count). The Bertz CT molecular complexity index is 1070. The number of benzene rings is 1. The Morgan fingerprint density at radius 2 is 1.92 bits per heavy atom. The largest absolute Gasteiger partial charge is 0.397 e. The number of hydrogen-bond donors (Lipinski definition) is 2. The fraction of sp³-hybridized carbons (Fsp3) is 0.0588. The first-order valence-electron chi connectivity index (χ1n) is 7.47. The van der Waals surface area contributed by atoms with Crippen LogP contribution in [0.4, 0.5) is 10.8 Å². The maximum Gasteiger partial charge on any atom is 0.269 e. The molecule has 8 heteroatoms. The van der Waals surface area contributed by atoms with Crippen LogP contribution in [-0.4, -0.2) is 21.1 Å². The molecule has 0 unspecified atom stereocenters. The number of pyridine rings is 1. The first kappa shape index (κ1) is 15.7. The zero-order valence-corrected chi connectivity index (χ0v) is 14.8. The van der Waals surface area contributed by atoms with E-state index >= 15 is 0 Å². The second-order valence-corrected chi connectivity index (χ2v) is 7.36. The third kappa shape index (κ3) is 2.86. The number of nitrogens with one attached hydrogen (secondary N) is 1. The minimum atomic E-state index is -0.296. The summed E-state index contributed by atoms with van der Waals surface area (Å²) in [5.41, 5.74) is 8.58. The molecule has 0 radical (unpaired) electrons. The molecule has 4 aromatic rings. The van der Waals surface area contributed by atoms with E-state index in [-0.39, 0.29) is 5.91 Å². The van der Waals surface area contributed by atoms with Gasteiger partial charge >= 0.3 is 0 Å². The van der Waals surface area contributed by atoms with Crippen LogP contribution in [-0.2, 0) is 0 Å². The van der Waals surface area contributed by atoms with Gasteiger partial charge in [-0.05, 0) is 18.6 Å². The number of aryl methyl sites for hydroxylation is 1. The van der Waals surface area contributed by atoms with Crippen LogP contribution >= 0.6 is 22.7 Å². The van der Waals surface area contributed by atoms with E-state index in [1.807, 2.05) is 43.3 Å². The molecule has 6 nitrogen and oxygen atoms in total. The number of carbonyl (C=O) groups excluding carboxylic acids is 1. The summed E-state index contributed by atoms with van der Waals surface area (Å²) >= 11 is 2.60. The van der Waals surface area contributed by atoms with Crippen LogP contribution in [0.25, 0.3) is 20.8 Å². The Balaban J connectivity index is 1.62. The minimum absolute atomic E-state index is 0.296. The highest BCUT2D eigenvalue weighted by atomic mass is 32.1. The summed E-state index contributed by atoms with van der Waals surface area (Å²) in [5.74, 6) is -0.296. The number of anilines is 2. The number of amides is 1. The zero-order valence-electron chi connectivity index (χ0n) is 13.2. The van der Waals surface area contributed by atoms with Crippen molar-refractivity contribution in [2.24, 2.45) is 0 Å². The standard InChI is InChI=1S/C17H13N5OS2/c1-9-7-8-19-16-11(9)12(18)13(24-16)14(23)20-17-22-21-15(25-17)10-5-3-2-4-6-10/h2-8H,18H2,1H3,(H,20,22,23). The normalized spacial score (nSPS) is 10.9. The van der Waals surface area contributed by atoms with E-state index in [4.69, 9.17) is 5.73 Å². The van der Waals surface area contributed by atoms with Gasteiger partial charge in [0.2, 0.25) is 5.13 Å². The van der Waals surface area contributed by atoms with Crippen molar-refractivity contribution in [3.05, 3.63) is 53.0 Å². The van der Waals surface area contributed by atoms with E-state index in [0.717, 1.165) is 26.4 Å². The molecule has 124 valence electrons. The quantitative estimate of drug-likeness (QED) is 0.572. The summed E-state index contributed by atoms with van der Waals surface area (Å²) in [6.07, 6.45) is 1.71. The van der Waals surface area contributed by atoms with Crippen molar-refractivity contribution in [1.29, 1.82) is 0 Å². The van der Waals surface area contributed by atoms with Crippen LogP contribution in [0.15, 0.2) is 42.6 Å². The average Bonchev–Trinajstić information content (AvgIpc) is 3.21. The van der Waals surface area contributed by atoms with E-state index in [1.165, 1.54) is 22.7 Å². The van der Waals surface area contributed by atoms with Crippen LogP contribution in [0.2, 0.25) is 0 Å². The molecule has 0 spiro atoms. The van der Waals surface area contributed by atoms with Crippen molar-refractivity contribution in [1.82, 2.24) is 15.2 Å². The number of aromatic nitrogens is 3. The van der Waals surface area contributed by atoms with Gasteiger partial charge in [-0.1, -0.05) is 41.7 Å². The summed E-state index contributed by atoms with van der Waals surface area (Å²) in [4.78, 5) is 18.1. The maximum atomic E-state index is 12.6. The van der Waals surface area contributed by atoms with Gasteiger partial charge in [0.1, 0.15) is 14.7 Å². The molecular formula is C17H13N5OS2. The Morgan fingerprint density at radius 3 is 2.68 bits per heavy atom. The molecule has 0 atom stereocenters. The molecule has 0 bridgehead atoms. The predicted molar refractivity (Wildman–Crippen MR) is 102 cm³/mol. The summed E-state index contributed by atoms with van der Waals surface area (Å²) in [6.45, 7) is 1.95. The molecule has 0 saturated carbocycles. The smallest absolute Gasteiger partial charge is 0.269 e. The van der Waals surface area contributed by atoms with Crippen LogP contribution in [0.3, 0.4) is 0 Å². The predicted octanol–water partition coefficient (Wildman–Crippen LogP) is 3.96. The van der Waals surface area contributed by atoms with E-state index in [1.54, 1.807) is 6.20 Å². The first-order chi connectivity index (χ1) is 12.1. The van der Waals surface area contributed by atoms with Crippen molar-refractivity contribution in [2.75, 3.05) is 11.1 Å². The Kier molecular flexibility index (Phi) is 3.90. The van der Waals surface area contributed by atoms with E-state index < -0.39 is 0 Å². The van der Waals surface area contributed by atoms with Gasteiger partial charge in [0.05, 0.1) is 5.69 Å². The van der Waals surface area contributed by atoms with Gasteiger partial charge < -0.3 is 5.73 Å². The van der Waals surface area contributed by atoms with Crippen molar-refractivity contribution in [3.63, 3.8) is 0 Å².